The highest BCUT2D eigenvalue weighted by atomic mass is 35.5. The van der Waals surface area contributed by atoms with Crippen LogP contribution in [0.15, 0.2) is 54.6 Å². The molecule has 0 aliphatic carbocycles. The van der Waals surface area contributed by atoms with E-state index in [2.05, 4.69) is 10.3 Å². The second-order valence-corrected chi connectivity index (χ2v) is 6.83. The van der Waals surface area contributed by atoms with Crippen molar-refractivity contribution in [2.24, 2.45) is 0 Å². The Labute approximate surface area is 155 Å². The third-order valence-corrected chi connectivity index (χ3v) is 4.92. The lowest BCUT2D eigenvalue weighted by atomic mass is 10.0. The Morgan fingerprint density at radius 3 is 2.73 bits per heavy atom. The molecule has 0 bridgehead atoms. The number of nitrogens with one attached hydrogen (secondary N) is 2. The Balaban J connectivity index is 1.71. The third-order valence-electron chi connectivity index (χ3n) is 4.69. The van der Waals surface area contributed by atoms with Gasteiger partial charge in [0.1, 0.15) is 5.69 Å². The molecule has 4 rings (SSSR count). The molecule has 26 heavy (non-hydrogen) atoms. The number of fused-ring (bicyclic) bond motifs is 1. The van der Waals surface area contributed by atoms with Crippen LogP contribution in [0.5, 0.6) is 0 Å². The highest BCUT2D eigenvalue weighted by Gasteiger charge is 2.31. The van der Waals surface area contributed by atoms with Crippen LogP contribution in [-0.2, 0) is 4.79 Å². The van der Waals surface area contributed by atoms with Crippen molar-refractivity contribution in [3.63, 3.8) is 0 Å². The molecule has 0 spiro atoms. The summed E-state index contributed by atoms with van der Waals surface area (Å²) in [7, 11) is 0. The molecular formula is C20H18ClN3O2. The molecule has 2 aromatic carbocycles. The first-order valence-electron chi connectivity index (χ1n) is 8.53. The van der Waals surface area contributed by atoms with Gasteiger partial charge in [-0.05, 0) is 29.8 Å². The van der Waals surface area contributed by atoms with Crippen molar-refractivity contribution < 1.29 is 9.59 Å². The predicted octanol–water partition coefficient (Wildman–Crippen LogP) is 3.52. The van der Waals surface area contributed by atoms with Crippen LogP contribution in [0.4, 0.5) is 0 Å². The Morgan fingerprint density at radius 1 is 1.12 bits per heavy atom. The minimum Gasteiger partial charge on any atom is -0.354 e. The number of amides is 2. The lowest BCUT2D eigenvalue weighted by Gasteiger charge is -2.29. The fourth-order valence-electron chi connectivity index (χ4n) is 3.42. The van der Waals surface area contributed by atoms with E-state index in [9.17, 15) is 9.59 Å². The van der Waals surface area contributed by atoms with Gasteiger partial charge in [-0.3, -0.25) is 9.59 Å². The van der Waals surface area contributed by atoms with Gasteiger partial charge in [-0.2, -0.15) is 0 Å². The maximum absolute atomic E-state index is 13.2. The summed E-state index contributed by atoms with van der Waals surface area (Å²) in [6.07, 6.45) is 0.252. The predicted molar refractivity (Wildman–Crippen MR) is 101 cm³/mol. The van der Waals surface area contributed by atoms with Crippen LogP contribution in [-0.4, -0.2) is 34.8 Å². The van der Waals surface area contributed by atoms with E-state index in [0.29, 0.717) is 23.8 Å². The van der Waals surface area contributed by atoms with E-state index in [0.717, 1.165) is 16.5 Å². The van der Waals surface area contributed by atoms with E-state index < -0.39 is 0 Å². The number of aromatic nitrogens is 1. The topological polar surface area (TPSA) is 65.2 Å². The summed E-state index contributed by atoms with van der Waals surface area (Å²) < 4.78 is 0. The molecule has 132 valence electrons. The number of benzene rings is 2. The molecule has 1 unspecified atom stereocenters. The average Bonchev–Trinajstić information content (AvgIpc) is 2.97. The van der Waals surface area contributed by atoms with E-state index in [4.69, 9.17) is 11.6 Å². The maximum Gasteiger partial charge on any atom is 0.270 e. The molecule has 0 radical (unpaired) electrons. The first-order chi connectivity index (χ1) is 12.6. The second-order valence-electron chi connectivity index (χ2n) is 6.39. The van der Waals surface area contributed by atoms with Crippen LogP contribution in [0, 0.1) is 0 Å². The Kier molecular flexibility index (Phi) is 4.39. The van der Waals surface area contributed by atoms with Gasteiger partial charge in [-0.25, -0.2) is 0 Å². The number of hydrogen-bond donors (Lipinski definition) is 2. The number of nitrogens with zero attached hydrogens (tertiary/aromatic N) is 1. The Hall–Kier alpha value is -2.79. The number of carbonyl (C=O) groups is 2. The van der Waals surface area contributed by atoms with Crippen molar-refractivity contribution in [2.75, 3.05) is 13.1 Å². The summed E-state index contributed by atoms with van der Waals surface area (Å²) in [4.78, 5) is 30.2. The molecule has 1 saturated heterocycles. The van der Waals surface area contributed by atoms with Crippen LogP contribution < -0.4 is 5.32 Å². The van der Waals surface area contributed by atoms with Gasteiger partial charge in [0, 0.05) is 29.0 Å². The molecule has 2 N–H and O–H groups in total. The summed E-state index contributed by atoms with van der Waals surface area (Å²) in [5.41, 5.74) is 2.31. The van der Waals surface area contributed by atoms with Gasteiger partial charge < -0.3 is 15.2 Å². The number of carbonyl (C=O) groups excluding carboxylic acids is 2. The molecule has 2 heterocycles. The summed E-state index contributed by atoms with van der Waals surface area (Å²) in [5.74, 6) is -0.166. The van der Waals surface area contributed by atoms with E-state index in [1.807, 2.05) is 48.5 Å². The Morgan fingerprint density at radius 2 is 1.92 bits per heavy atom. The highest BCUT2D eigenvalue weighted by molar-refractivity contribution is 6.31. The third kappa shape index (κ3) is 3.18. The minimum atomic E-state index is -0.291. The number of halogens is 1. The first kappa shape index (κ1) is 16.7. The van der Waals surface area contributed by atoms with E-state index in [1.165, 1.54) is 0 Å². The van der Waals surface area contributed by atoms with Gasteiger partial charge in [-0.1, -0.05) is 41.9 Å². The average molecular weight is 368 g/mol. The number of H-pyrrole nitrogens is 1. The molecule has 2 amide bonds. The van der Waals surface area contributed by atoms with Crippen LogP contribution in [0.25, 0.3) is 10.9 Å². The van der Waals surface area contributed by atoms with Crippen molar-refractivity contribution in [1.29, 1.82) is 0 Å². The van der Waals surface area contributed by atoms with Gasteiger partial charge in [0.05, 0.1) is 12.5 Å². The first-order valence-corrected chi connectivity index (χ1v) is 8.90. The van der Waals surface area contributed by atoms with Crippen molar-refractivity contribution >= 4 is 34.3 Å². The number of aromatic amines is 1. The van der Waals surface area contributed by atoms with Crippen LogP contribution in [0.3, 0.4) is 0 Å². The van der Waals surface area contributed by atoms with E-state index >= 15 is 0 Å². The minimum absolute atomic E-state index is 0.0439. The molecule has 1 aliphatic heterocycles. The zero-order valence-corrected chi connectivity index (χ0v) is 14.8. The van der Waals surface area contributed by atoms with E-state index in [1.54, 1.807) is 11.0 Å². The second kappa shape index (κ2) is 6.84. The molecule has 1 atom stereocenters. The van der Waals surface area contributed by atoms with Gasteiger partial charge >= 0.3 is 0 Å². The van der Waals surface area contributed by atoms with Crippen molar-refractivity contribution in [3.05, 3.63) is 70.9 Å². The zero-order valence-electron chi connectivity index (χ0n) is 14.0. The van der Waals surface area contributed by atoms with Crippen molar-refractivity contribution in [1.82, 2.24) is 15.2 Å². The summed E-state index contributed by atoms with van der Waals surface area (Å²) in [5, 5.41) is 4.37. The fourth-order valence-corrected chi connectivity index (χ4v) is 3.60. The number of rotatable bonds is 2. The summed E-state index contributed by atoms with van der Waals surface area (Å²) >= 11 is 6.04. The van der Waals surface area contributed by atoms with E-state index in [-0.39, 0.29) is 24.3 Å². The lowest BCUT2D eigenvalue weighted by Crippen LogP contribution is -2.36. The molecule has 0 saturated carbocycles. The SMILES string of the molecule is O=C1CC(c2ccccc2)N(C(=O)c2cc3cc(Cl)ccc3[nH]2)CCN1. The smallest absolute Gasteiger partial charge is 0.270 e. The zero-order chi connectivity index (χ0) is 18.1. The van der Waals surface area contributed by atoms with Crippen LogP contribution in [0.1, 0.15) is 28.5 Å². The van der Waals surface area contributed by atoms with Gasteiger partial charge in [0.25, 0.3) is 5.91 Å². The number of hydrogen-bond acceptors (Lipinski definition) is 2. The monoisotopic (exact) mass is 367 g/mol. The molecular weight excluding hydrogens is 350 g/mol. The quantitative estimate of drug-likeness (QED) is 0.727. The largest absolute Gasteiger partial charge is 0.354 e. The molecule has 6 heteroatoms. The maximum atomic E-state index is 13.2. The Bertz CT molecular complexity index is 968. The molecule has 5 nitrogen and oxygen atoms in total. The molecule has 3 aromatic rings. The summed E-state index contributed by atoms with van der Waals surface area (Å²) in [6.45, 7) is 0.903. The van der Waals surface area contributed by atoms with Crippen LogP contribution in [0.2, 0.25) is 5.02 Å². The van der Waals surface area contributed by atoms with Crippen LogP contribution >= 0.6 is 11.6 Å². The van der Waals surface area contributed by atoms with Gasteiger partial charge in [-0.15, -0.1) is 0 Å². The van der Waals surface area contributed by atoms with Gasteiger partial charge in [0.2, 0.25) is 5.91 Å². The highest BCUT2D eigenvalue weighted by Crippen LogP contribution is 2.28. The molecule has 1 aliphatic rings. The molecule has 1 fully saturated rings. The summed E-state index contributed by atoms with van der Waals surface area (Å²) in [6, 6.07) is 16.7. The standard InChI is InChI=1S/C20H18ClN3O2/c21-15-6-7-16-14(10-15)11-17(23-16)20(26)24-9-8-22-19(25)12-18(24)13-4-2-1-3-5-13/h1-7,10-11,18,23H,8-9,12H2,(H,22,25). The molecule has 1 aromatic heterocycles. The lowest BCUT2D eigenvalue weighted by molar-refractivity contribution is -0.121. The normalized spacial score (nSPS) is 17.8. The van der Waals surface area contributed by atoms with Gasteiger partial charge in [0.15, 0.2) is 0 Å². The fraction of sp³-hybridized carbons (Fsp3) is 0.200. The van der Waals surface area contributed by atoms with Crippen molar-refractivity contribution in [3.8, 4) is 0 Å². The van der Waals surface area contributed by atoms with Crippen molar-refractivity contribution in [2.45, 2.75) is 12.5 Å².